The van der Waals surface area contributed by atoms with Crippen LogP contribution in [0.5, 0.6) is 0 Å². The van der Waals surface area contributed by atoms with Gasteiger partial charge in [-0.2, -0.15) is 4.31 Å². The molecule has 29 heavy (non-hydrogen) atoms. The van der Waals surface area contributed by atoms with Gasteiger partial charge in [0.25, 0.3) is 5.91 Å². The summed E-state index contributed by atoms with van der Waals surface area (Å²) in [5.41, 5.74) is 1.96. The van der Waals surface area contributed by atoms with Gasteiger partial charge in [-0.3, -0.25) is 4.79 Å². The van der Waals surface area contributed by atoms with Crippen molar-refractivity contribution < 1.29 is 13.2 Å². The fourth-order valence-corrected chi connectivity index (χ4v) is 4.71. The van der Waals surface area contributed by atoms with Crippen LogP contribution >= 0.6 is 0 Å². The number of aromatic nitrogens is 3. The maximum absolute atomic E-state index is 12.5. The zero-order valence-electron chi connectivity index (χ0n) is 15.7. The average molecular weight is 411 g/mol. The van der Waals surface area contributed by atoms with Crippen LogP contribution in [0, 0.1) is 0 Å². The molecular weight excluding hydrogens is 390 g/mol. The van der Waals surface area contributed by atoms with Crippen molar-refractivity contribution in [2.24, 2.45) is 0 Å². The van der Waals surface area contributed by atoms with E-state index in [0.29, 0.717) is 19.6 Å². The first-order chi connectivity index (χ1) is 14.0. The van der Waals surface area contributed by atoms with E-state index in [4.69, 9.17) is 0 Å². The van der Waals surface area contributed by atoms with E-state index in [-0.39, 0.29) is 23.4 Å². The van der Waals surface area contributed by atoms with E-state index in [1.165, 1.54) is 4.31 Å². The number of amides is 1. The van der Waals surface area contributed by atoms with Gasteiger partial charge in [0.15, 0.2) is 5.69 Å². The molecule has 1 aliphatic rings. The van der Waals surface area contributed by atoms with Gasteiger partial charge in [-0.1, -0.05) is 65.9 Å². The van der Waals surface area contributed by atoms with E-state index in [2.05, 4.69) is 15.6 Å². The molecule has 8 nitrogen and oxygen atoms in total. The third-order valence-electron chi connectivity index (χ3n) is 4.83. The Kier molecular flexibility index (Phi) is 5.41. The quantitative estimate of drug-likeness (QED) is 0.637. The predicted molar refractivity (Wildman–Crippen MR) is 107 cm³/mol. The largest absolute Gasteiger partial charge is 0.347 e. The van der Waals surface area contributed by atoms with Crippen LogP contribution in [0.4, 0.5) is 0 Å². The number of nitrogens with one attached hydrogen (secondary N) is 1. The Labute approximate surface area is 169 Å². The van der Waals surface area contributed by atoms with Crippen LogP contribution in [0.1, 0.15) is 27.7 Å². The second-order valence-electron chi connectivity index (χ2n) is 6.96. The summed E-state index contributed by atoms with van der Waals surface area (Å²) in [6, 6.07) is 18.6. The van der Waals surface area contributed by atoms with Crippen molar-refractivity contribution in [1.82, 2.24) is 24.6 Å². The molecule has 2 aromatic carbocycles. The van der Waals surface area contributed by atoms with Gasteiger partial charge in [-0.05, 0) is 11.1 Å². The second-order valence-corrected chi connectivity index (χ2v) is 8.93. The monoisotopic (exact) mass is 411 g/mol. The van der Waals surface area contributed by atoms with E-state index in [9.17, 15) is 13.2 Å². The summed E-state index contributed by atoms with van der Waals surface area (Å²) in [5.74, 6) is -0.335. The Balaban J connectivity index is 1.31. The lowest BCUT2D eigenvalue weighted by molar-refractivity contribution is 0.0945. The normalized spacial score (nSPS) is 15.0. The molecule has 0 atom stereocenters. The molecule has 0 saturated carbocycles. The van der Waals surface area contributed by atoms with Gasteiger partial charge < -0.3 is 5.32 Å². The van der Waals surface area contributed by atoms with E-state index in [1.54, 1.807) is 23.0 Å². The number of benzene rings is 2. The van der Waals surface area contributed by atoms with E-state index < -0.39 is 10.0 Å². The lowest BCUT2D eigenvalue weighted by Crippen LogP contribution is -2.51. The molecule has 1 fully saturated rings. The number of hydrogen-bond acceptors (Lipinski definition) is 5. The number of carbonyl (C=O) groups is 1. The van der Waals surface area contributed by atoms with Gasteiger partial charge in [0.05, 0.1) is 18.0 Å². The molecule has 0 spiro atoms. The maximum atomic E-state index is 12.5. The van der Waals surface area contributed by atoms with Crippen molar-refractivity contribution in [1.29, 1.82) is 0 Å². The first kappa shape index (κ1) is 19.3. The molecule has 0 radical (unpaired) electrons. The van der Waals surface area contributed by atoms with Crippen LogP contribution in [0.3, 0.4) is 0 Å². The molecule has 1 aliphatic heterocycles. The molecule has 0 bridgehead atoms. The highest BCUT2D eigenvalue weighted by Gasteiger charge is 2.37. The highest BCUT2D eigenvalue weighted by Crippen LogP contribution is 2.25. The predicted octanol–water partition coefficient (Wildman–Crippen LogP) is 1.59. The van der Waals surface area contributed by atoms with E-state index >= 15 is 0 Å². The van der Waals surface area contributed by atoms with Crippen LogP contribution in [0.2, 0.25) is 0 Å². The van der Waals surface area contributed by atoms with E-state index in [1.807, 2.05) is 48.5 Å². The SMILES string of the molecule is O=C(NCc1ccccc1)c1cn(C2CN(S(=O)(=O)Cc3ccccc3)C2)nn1. The first-order valence-corrected chi connectivity index (χ1v) is 10.9. The first-order valence-electron chi connectivity index (χ1n) is 9.27. The van der Waals surface area contributed by atoms with Crippen molar-refractivity contribution in [2.45, 2.75) is 18.3 Å². The van der Waals surface area contributed by atoms with Crippen molar-refractivity contribution >= 4 is 15.9 Å². The summed E-state index contributed by atoms with van der Waals surface area (Å²) in [7, 11) is -3.37. The summed E-state index contributed by atoms with van der Waals surface area (Å²) >= 11 is 0. The van der Waals surface area contributed by atoms with Crippen molar-refractivity contribution in [3.8, 4) is 0 Å². The topological polar surface area (TPSA) is 97.2 Å². The van der Waals surface area contributed by atoms with E-state index in [0.717, 1.165) is 11.1 Å². The minimum Gasteiger partial charge on any atom is -0.347 e. The fraction of sp³-hybridized carbons (Fsp3) is 0.250. The molecule has 0 aliphatic carbocycles. The lowest BCUT2D eigenvalue weighted by atomic mass is 10.2. The maximum Gasteiger partial charge on any atom is 0.273 e. The standard InChI is InChI=1S/C20H21N5O3S/c26-20(21-11-16-7-3-1-4-8-16)19-14-25(23-22-19)18-12-24(13-18)29(27,28)15-17-9-5-2-6-10-17/h1-10,14,18H,11-13,15H2,(H,21,26). The van der Waals surface area contributed by atoms with Gasteiger partial charge in [0, 0.05) is 19.6 Å². The Morgan fingerprint density at radius 3 is 2.28 bits per heavy atom. The number of hydrogen-bond donors (Lipinski definition) is 1. The van der Waals surface area contributed by atoms with Crippen LogP contribution in [0.25, 0.3) is 0 Å². The summed E-state index contributed by atoms with van der Waals surface area (Å²) in [6.45, 7) is 1.05. The lowest BCUT2D eigenvalue weighted by Gasteiger charge is -2.37. The smallest absolute Gasteiger partial charge is 0.273 e. The summed E-state index contributed by atoms with van der Waals surface area (Å²) < 4.78 is 28.0. The van der Waals surface area contributed by atoms with Gasteiger partial charge in [-0.25, -0.2) is 13.1 Å². The molecular formula is C20H21N5O3S. The highest BCUT2D eigenvalue weighted by molar-refractivity contribution is 7.88. The Morgan fingerprint density at radius 1 is 1.00 bits per heavy atom. The average Bonchev–Trinajstić information content (AvgIpc) is 3.15. The van der Waals surface area contributed by atoms with Gasteiger partial charge >= 0.3 is 0 Å². The summed E-state index contributed by atoms with van der Waals surface area (Å²) in [5, 5.41) is 10.7. The molecule has 2 heterocycles. The molecule has 0 unspecified atom stereocenters. The summed E-state index contributed by atoms with van der Waals surface area (Å²) in [6.07, 6.45) is 1.56. The number of rotatable bonds is 7. The van der Waals surface area contributed by atoms with Crippen molar-refractivity contribution in [3.05, 3.63) is 83.7 Å². The Hall–Kier alpha value is -3.04. The van der Waals surface area contributed by atoms with Crippen LogP contribution in [-0.4, -0.2) is 46.7 Å². The number of sulfonamides is 1. The molecule has 150 valence electrons. The third kappa shape index (κ3) is 4.52. The fourth-order valence-electron chi connectivity index (χ4n) is 3.12. The van der Waals surface area contributed by atoms with Gasteiger partial charge in [0.1, 0.15) is 0 Å². The Bertz CT molecular complexity index is 1080. The number of nitrogens with zero attached hydrogens (tertiary/aromatic N) is 4. The Morgan fingerprint density at radius 2 is 1.62 bits per heavy atom. The molecule has 4 rings (SSSR count). The molecule has 3 aromatic rings. The molecule has 1 saturated heterocycles. The summed E-state index contributed by atoms with van der Waals surface area (Å²) in [4.78, 5) is 12.3. The van der Waals surface area contributed by atoms with Crippen molar-refractivity contribution in [3.63, 3.8) is 0 Å². The van der Waals surface area contributed by atoms with Crippen LogP contribution in [-0.2, 0) is 22.3 Å². The number of carbonyl (C=O) groups excluding carboxylic acids is 1. The van der Waals surface area contributed by atoms with Crippen molar-refractivity contribution in [2.75, 3.05) is 13.1 Å². The molecule has 1 amide bonds. The molecule has 9 heteroatoms. The molecule has 1 N–H and O–H groups in total. The van der Waals surface area contributed by atoms with Crippen LogP contribution < -0.4 is 5.32 Å². The third-order valence-corrected chi connectivity index (χ3v) is 6.61. The zero-order valence-corrected chi connectivity index (χ0v) is 16.5. The highest BCUT2D eigenvalue weighted by atomic mass is 32.2. The van der Waals surface area contributed by atoms with Gasteiger partial charge in [0.2, 0.25) is 10.0 Å². The minimum atomic E-state index is -3.37. The zero-order chi connectivity index (χ0) is 20.3. The molecule has 1 aromatic heterocycles. The van der Waals surface area contributed by atoms with Gasteiger partial charge in [-0.15, -0.1) is 5.10 Å². The minimum absolute atomic E-state index is 0.0228. The van der Waals surface area contributed by atoms with Crippen LogP contribution in [0.15, 0.2) is 66.9 Å². The second kappa shape index (κ2) is 8.14.